The van der Waals surface area contributed by atoms with Crippen molar-refractivity contribution in [1.82, 2.24) is 15.0 Å². The Kier molecular flexibility index (Phi) is 3.11. The van der Waals surface area contributed by atoms with Crippen LogP contribution >= 0.6 is 0 Å². The van der Waals surface area contributed by atoms with Crippen LogP contribution in [0.2, 0.25) is 0 Å². The minimum absolute atomic E-state index is 0.242. The number of rotatable bonds is 4. The van der Waals surface area contributed by atoms with Crippen molar-refractivity contribution in [3.05, 3.63) is 35.7 Å². The van der Waals surface area contributed by atoms with Gasteiger partial charge in [0.2, 0.25) is 0 Å². The molecule has 2 heterocycles. The molecular weight excluding hydrogens is 242 g/mol. The molecule has 2 aromatic rings. The first kappa shape index (κ1) is 12.0. The normalized spacial score (nSPS) is 17.1. The molecule has 1 aliphatic heterocycles. The molecule has 0 unspecified atom stereocenters. The Balaban J connectivity index is 1.95. The molecule has 3 rings (SSSR count). The predicted molar refractivity (Wildman–Crippen MR) is 70.5 cm³/mol. The smallest absolute Gasteiger partial charge is 0.124 e. The first-order valence-corrected chi connectivity index (χ1v) is 6.55. The third-order valence-electron chi connectivity index (χ3n) is 3.18. The van der Waals surface area contributed by atoms with Crippen LogP contribution in [0, 0.1) is 0 Å². The second-order valence-electron chi connectivity index (χ2n) is 4.73. The summed E-state index contributed by atoms with van der Waals surface area (Å²) in [6.07, 6.45) is 4.70. The van der Waals surface area contributed by atoms with Crippen molar-refractivity contribution in [2.45, 2.75) is 32.9 Å². The fourth-order valence-corrected chi connectivity index (χ4v) is 2.39. The highest BCUT2D eigenvalue weighted by atomic mass is 16.5. The Bertz CT molecular complexity index is 566. The van der Waals surface area contributed by atoms with Crippen molar-refractivity contribution >= 4 is 0 Å². The second-order valence-corrected chi connectivity index (χ2v) is 4.73. The number of ether oxygens (including phenoxy) is 2. The van der Waals surface area contributed by atoms with E-state index in [0.717, 1.165) is 23.5 Å². The number of nitrogens with zero attached hydrogens (tertiary/aromatic N) is 3. The Hall–Kier alpha value is -2.04. The lowest BCUT2D eigenvalue weighted by atomic mass is 10.1. The number of aromatic nitrogens is 3. The Morgan fingerprint density at radius 1 is 1.47 bits per heavy atom. The first-order chi connectivity index (χ1) is 9.26. The lowest BCUT2D eigenvalue weighted by Crippen LogP contribution is -2.05. The number of benzene rings is 1. The first-order valence-electron chi connectivity index (χ1n) is 6.55. The van der Waals surface area contributed by atoms with E-state index in [1.165, 1.54) is 5.56 Å². The van der Waals surface area contributed by atoms with Gasteiger partial charge in [-0.1, -0.05) is 5.21 Å². The van der Waals surface area contributed by atoms with Gasteiger partial charge in [-0.15, -0.1) is 5.10 Å². The minimum atomic E-state index is 0.242. The lowest BCUT2D eigenvalue weighted by Gasteiger charge is -2.12. The lowest BCUT2D eigenvalue weighted by molar-refractivity contribution is 0.254. The summed E-state index contributed by atoms with van der Waals surface area (Å²) in [5.41, 5.74) is 2.29. The summed E-state index contributed by atoms with van der Waals surface area (Å²) >= 11 is 0. The van der Waals surface area contributed by atoms with Gasteiger partial charge in [-0.05, 0) is 26.0 Å². The molecule has 1 atom stereocenters. The molecule has 0 N–H and O–H groups in total. The second kappa shape index (κ2) is 4.91. The largest absolute Gasteiger partial charge is 0.494 e. The average Bonchev–Trinajstić information content (AvgIpc) is 2.98. The van der Waals surface area contributed by atoms with Crippen molar-refractivity contribution in [2.75, 3.05) is 6.61 Å². The quantitative estimate of drug-likeness (QED) is 0.843. The molecule has 5 heteroatoms. The van der Waals surface area contributed by atoms with Crippen molar-refractivity contribution in [1.29, 1.82) is 0 Å². The third-order valence-corrected chi connectivity index (χ3v) is 3.18. The van der Waals surface area contributed by atoms with Crippen molar-refractivity contribution < 1.29 is 9.47 Å². The molecule has 1 aliphatic rings. The van der Waals surface area contributed by atoms with Crippen LogP contribution in [-0.2, 0) is 13.0 Å². The van der Waals surface area contributed by atoms with E-state index in [1.807, 2.05) is 13.1 Å². The van der Waals surface area contributed by atoms with Crippen molar-refractivity contribution in [3.8, 4) is 11.5 Å². The highest BCUT2D eigenvalue weighted by Gasteiger charge is 2.21. The third kappa shape index (κ3) is 2.41. The van der Waals surface area contributed by atoms with Crippen LogP contribution in [-0.4, -0.2) is 27.7 Å². The summed E-state index contributed by atoms with van der Waals surface area (Å²) in [4.78, 5) is 0. The van der Waals surface area contributed by atoms with Crippen LogP contribution < -0.4 is 9.47 Å². The van der Waals surface area contributed by atoms with E-state index >= 15 is 0 Å². The predicted octanol–water partition coefficient (Wildman–Crippen LogP) is 2.05. The maximum atomic E-state index is 5.80. The van der Waals surface area contributed by atoms with Crippen molar-refractivity contribution in [2.24, 2.45) is 0 Å². The monoisotopic (exact) mass is 259 g/mol. The fraction of sp³-hybridized carbons (Fsp3) is 0.429. The summed E-state index contributed by atoms with van der Waals surface area (Å²) in [5.74, 6) is 1.88. The zero-order valence-electron chi connectivity index (χ0n) is 11.2. The van der Waals surface area contributed by atoms with Crippen LogP contribution in [0.4, 0.5) is 0 Å². The number of hydrogen-bond acceptors (Lipinski definition) is 4. The van der Waals surface area contributed by atoms with E-state index in [0.29, 0.717) is 13.2 Å². The van der Waals surface area contributed by atoms with Gasteiger partial charge in [0.25, 0.3) is 0 Å². The summed E-state index contributed by atoms with van der Waals surface area (Å²) in [6.45, 7) is 5.36. The van der Waals surface area contributed by atoms with Gasteiger partial charge in [0.1, 0.15) is 17.6 Å². The van der Waals surface area contributed by atoms with Gasteiger partial charge in [-0.25, -0.2) is 4.68 Å². The Morgan fingerprint density at radius 2 is 2.37 bits per heavy atom. The van der Waals surface area contributed by atoms with Crippen LogP contribution in [0.5, 0.6) is 11.5 Å². The highest BCUT2D eigenvalue weighted by molar-refractivity contribution is 5.48. The molecule has 0 amide bonds. The Morgan fingerprint density at radius 3 is 3.11 bits per heavy atom. The van der Waals surface area contributed by atoms with Gasteiger partial charge in [-0.2, -0.15) is 0 Å². The Labute approximate surface area is 112 Å². The van der Waals surface area contributed by atoms with Crippen LogP contribution in [0.15, 0.2) is 24.5 Å². The molecule has 1 aromatic carbocycles. The van der Waals surface area contributed by atoms with Gasteiger partial charge < -0.3 is 9.47 Å². The van der Waals surface area contributed by atoms with Gasteiger partial charge in [-0.3, -0.25) is 0 Å². The van der Waals surface area contributed by atoms with Gasteiger partial charge in [0.15, 0.2) is 0 Å². The zero-order chi connectivity index (χ0) is 13.2. The van der Waals surface area contributed by atoms with E-state index in [4.69, 9.17) is 9.47 Å². The summed E-state index contributed by atoms with van der Waals surface area (Å²) in [5, 5.41) is 7.81. The molecule has 0 radical (unpaired) electrons. The molecule has 19 heavy (non-hydrogen) atoms. The fourth-order valence-electron chi connectivity index (χ4n) is 2.39. The van der Waals surface area contributed by atoms with Gasteiger partial charge in [0, 0.05) is 23.7 Å². The molecule has 0 bridgehead atoms. The van der Waals surface area contributed by atoms with E-state index < -0.39 is 0 Å². The standard InChI is InChI=1S/C14H17N3O2/c1-3-18-13-7-11-6-10(2)19-14(11)8-12(13)9-17-5-4-15-16-17/h4-5,7-8,10H,3,6,9H2,1-2H3/t10-/m0/s1. The maximum absolute atomic E-state index is 5.80. The van der Waals surface area contributed by atoms with E-state index in [2.05, 4.69) is 29.4 Å². The molecule has 100 valence electrons. The highest BCUT2D eigenvalue weighted by Crippen LogP contribution is 2.35. The van der Waals surface area contributed by atoms with Crippen LogP contribution in [0.1, 0.15) is 25.0 Å². The zero-order valence-corrected chi connectivity index (χ0v) is 11.2. The molecule has 0 spiro atoms. The number of hydrogen-bond donors (Lipinski definition) is 0. The molecule has 5 nitrogen and oxygen atoms in total. The molecule has 0 saturated heterocycles. The van der Waals surface area contributed by atoms with Crippen molar-refractivity contribution in [3.63, 3.8) is 0 Å². The maximum Gasteiger partial charge on any atom is 0.124 e. The summed E-state index contributed by atoms with van der Waals surface area (Å²) < 4.78 is 13.3. The number of fused-ring (bicyclic) bond motifs is 1. The SMILES string of the molecule is CCOc1cc2c(cc1Cn1ccnn1)O[C@@H](C)C2. The average molecular weight is 259 g/mol. The molecule has 1 aromatic heterocycles. The van der Waals surface area contributed by atoms with Gasteiger partial charge >= 0.3 is 0 Å². The van der Waals surface area contributed by atoms with E-state index in [-0.39, 0.29) is 6.10 Å². The molecule has 0 fully saturated rings. The van der Waals surface area contributed by atoms with Crippen LogP contribution in [0.3, 0.4) is 0 Å². The van der Waals surface area contributed by atoms with Gasteiger partial charge in [0.05, 0.1) is 19.3 Å². The summed E-state index contributed by atoms with van der Waals surface area (Å²) in [7, 11) is 0. The topological polar surface area (TPSA) is 49.2 Å². The molecule has 0 saturated carbocycles. The van der Waals surface area contributed by atoms with Crippen LogP contribution in [0.25, 0.3) is 0 Å². The van der Waals surface area contributed by atoms with E-state index in [9.17, 15) is 0 Å². The molecule has 0 aliphatic carbocycles. The molecular formula is C14H17N3O2. The summed E-state index contributed by atoms with van der Waals surface area (Å²) in [6, 6.07) is 4.15. The minimum Gasteiger partial charge on any atom is -0.494 e. The van der Waals surface area contributed by atoms with E-state index in [1.54, 1.807) is 10.9 Å².